The molecule has 1 fully saturated rings. The SMILES string of the molecule is C[C@H](NC(=O)[C@H]1C[C@H](Cc2ccccc2)CN1)C(=O)NCc1cc2c(s1)CNC2. The average Bonchev–Trinajstić information content (AvgIpc) is 3.43. The van der Waals surface area contributed by atoms with Gasteiger partial charge in [0, 0.05) is 22.8 Å². The predicted octanol–water partition coefficient (Wildman–Crippen LogP) is 1.69. The molecule has 0 radical (unpaired) electrons. The van der Waals surface area contributed by atoms with Crippen molar-refractivity contribution in [2.45, 2.75) is 51.5 Å². The van der Waals surface area contributed by atoms with E-state index in [2.05, 4.69) is 39.5 Å². The van der Waals surface area contributed by atoms with Gasteiger partial charge in [0.15, 0.2) is 0 Å². The molecular weight excluding hydrogens is 384 g/mol. The van der Waals surface area contributed by atoms with E-state index in [1.165, 1.54) is 16.0 Å². The van der Waals surface area contributed by atoms with Crippen LogP contribution in [-0.4, -0.2) is 30.4 Å². The van der Waals surface area contributed by atoms with Crippen molar-refractivity contribution in [2.24, 2.45) is 5.92 Å². The number of hydrogen-bond donors (Lipinski definition) is 4. The summed E-state index contributed by atoms with van der Waals surface area (Å²) in [5.74, 6) is 0.195. The van der Waals surface area contributed by atoms with Crippen molar-refractivity contribution in [3.8, 4) is 0 Å². The molecular formula is C22H28N4O2S. The fraction of sp³-hybridized carbons (Fsp3) is 0.455. The summed E-state index contributed by atoms with van der Waals surface area (Å²) in [6.45, 7) is 4.90. The molecule has 29 heavy (non-hydrogen) atoms. The Morgan fingerprint density at radius 2 is 2.07 bits per heavy atom. The Morgan fingerprint density at radius 3 is 2.86 bits per heavy atom. The molecule has 2 amide bonds. The number of carbonyl (C=O) groups excluding carboxylic acids is 2. The van der Waals surface area contributed by atoms with Gasteiger partial charge in [0.05, 0.1) is 12.6 Å². The summed E-state index contributed by atoms with van der Waals surface area (Å²) in [6, 6.07) is 11.7. The molecule has 1 aromatic carbocycles. The van der Waals surface area contributed by atoms with Gasteiger partial charge >= 0.3 is 0 Å². The summed E-state index contributed by atoms with van der Waals surface area (Å²) in [5.41, 5.74) is 2.63. The molecule has 2 aliphatic rings. The molecule has 4 N–H and O–H groups in total. The van der Waals surface area contributed by atoms with Crippen molar-refractivity contribution in [2.75, 3.05) is 6.54 Å². The van der Waals surface area contributed by atoms with E-state index in [1.807, 2.05) is 18.2 Å². The summed E-state index contributed by atoms with van der Waals surface area (Å²) in [4.78, 5) is 27.5. The van der Waals surface area contributed by atoms with Gasteiger partial charge in [-0.3, -0.25) is 9.59 Å². The molecule has 2 aromatic rings. The molecule has 3 heterocycles. The van der Waals surface area contributed by atoms with Crippen LogP contribution in [-0.2, 0) is 35.6 Å². The zero-order valence-electron chi connectivity index (χ0n) is 16.7. The maximum Gasteiger partial charge on any atom is 0.242 e. The highest BCUT2D eigenvalue weighted by Crippen LogP contribution is 2.26. The third kappa shape index (κ3) is 5.04. The molecule has 0 bridgehead atoms. The van der Waals surface area contributed by atoms with Gasteiger partial charge in [-0.15, -0.1) is 11.3 Å². The lowest BCUT2D eigenvalue weighted by atomic mass is 9.96. The molecule has 7 heteroatoms. The summed E-state index contributed by atoms with van der Waals surface area (Å²) < 4.78 is 0. The number of fused-ring (bicyclic) bond motifs is 1. The van der Waals surface area contributed by atoms with Gasteiger partial charge in [-0.2, -0.15) is 0 Å². The number of hydrogen-bond acceptors (Lipinski definition) is 5. The zero-order valence-corrected chi connectivity index (χ0v) is 17.5. The predicted molar refractivity (Wildman–Crippen MR) is 114 cm³/mol. The molecule has 0 saturated carbocycles. The van der Waals surface area contributed by atoms with Crippen LogP contribution in [0.3, 0.4) is 0 Å². The molecule has 1 aromatic heterocycles. The first-order chi connectivity index (χ1) is 14.1. The monoisotopic (exact) mass is 412 g/mol. The highest BCUT2D eigenvalue weighted by Gasteiger charge is 2.30. The van der Waals surface area contributed by atoms with E-state index in [9.17, 15) is 9.59 Å². The minimum atomic E-state index is -0.550. The second-order valence-corrected chi connectivity index (χ2v) is 9.19. The Kier molecular flexibility index (Phi) is 6.28. The van der Waals surface area contributed by atoms with Crippen LogP contribution in [0.1, 0.15) is 34.2 Å². The van der Waals surface area contributed by atoms with Crippen molar-refractivity contribution in [1.29, 1.82) is 0 Å². The minimum Gasteiger partial charge on any atom is -0.349 e. The third-order valence-electron chi connectivity index (χ3n) is 5.64. The van der Waals surface area contributed by atoms with Gasteiger partial charge in [-0.05, 0) is 49.4 Å². The number of thiophene rings is 1. The van der Waals surface area contributed by atoms with Gasteiger partial charge < -0.3 is 21.3 Å². The summed E-state index contributed by atoms with van der Waals surface area (Å²) in [6.07, 6.45) is 1.76. The largest absolute Gasteiger partial charge is 0.349 e. The van der Waals surface area contributed by atoms with Crippen LogP contribution >= 0.6 is 11.3 Å². The third-order valence-corrected chi connectivity index (χ3v) is 6.82. The van der Waals surface area contributed by atoms with Crippen LogP contribution in [0.4, 0.5) is 0 Å². The number of rotatable bonds is 7. The summed E-state index contributed by atoms with van der Waals surface area (Å²) in [7, 11) is 0. The molecule has 2 aliphatic heterocycles. The topological polar surface area (TPSA) is 82.3 Å². The Labute approximate surface area is 175 Å². The van der Waals surface area contributed by atoms with Crippen molar-refractivity contribution < 1.29 is 9.59 Å². The Bertz CT molecular complexity index is 845. The van der Waals surface area contributed by atoms with Crippen molar-refractivity contribution in [3.05, 3.63) is 57.3 Å². The molecule has 0 unspecified atom stereocenters. The van der Waals surface area contributed by atoms with Gasteiger partial charge in [0.25, 0.3) is 0 Å². The lowest BCUT2D eigenvalue weighted by Crippen LogP contribution is -2.49. The first kappa shape index (κ1) is 20.1. The van der Waals surface area contributed by atoms with E-state index in [0.717, 1.165) is 37.4 Å². The van der Waals surface area contributed by atoms with Crippen LogP contribution < -0.4 is 21.3 Å². The molecule has 0 aliphatic carbocycles. The number of amides is 2. The van der Waals surface area contributed by atoms with Crippen LogP contribution in [0.15, 0.2) is 36.4 Å². The smallest absolute Gasteiger partial charge is 0.242 e. The fourth-order valence-electron chi connectivity index (χ4n) is 4.04. The zero-order chi connectivity index (χ0) is 20.2. The van der Waals surface area contributed by atoms with Gasteiger partial charge in [-0.1, -0.05) is 30.3 Å². The van der Waals surface area contributed by atoms with E-state index >= 15 is 0 Å². The molecule has 4 rings (SSSR count). The van der Waals surface area contributed by atoms with Crippen LogP contribution in [0.2, 0.25) is 0 Å². The molecule has 1 saturated heterocycles. The quantitative estimate of drug-likeness (QED) is 0.558. The van der Waals surface area contributed by atoms with E-state index in [-0.39, 0.29) is 17.9 Å². The van der Waals surface area contributed by atoms with Gasteiger partial charge in [0.1, 0.15) is 6.04 Å². The molecule has 6 nitrogen and oxygen atoms in total. The number of carbonyl (C=O) groups is 2. The normalized spacial score (nSPS) is 21.6. The maximum absolute atomic E-state index is 12.6. The molecule has 154 valence electrons. The van der Waals surface area contributed by atoms with Crippen molar-refractivity contribution in [3.63, 3.8) is 0 Å². The first-order valence-corrected chi connectivity index (χ1v) is 11.1. The Morgan fingerprint density at radius 1 is 1.24 bits per heavy atom. The second kappa shape index (κ2) is 9.07. The van der Waals surface area contributed by atoms with Crippen LogP contribution in [0.25, 0.3) is 0 Å². The minimum absolute atomic E-state index is 0.0932. The lowest BCUT2D eigenvalue weighted by molar-refractivity contribution is -0.129. The Hall–Kier alpha value is -2.22. The second-order valence-electron chi connectivity index (χ2n) is 7.97. The van der Waals surface area contributed by atoms with E-state index in [1.54, 1.807) is 18.3 Å². The van der Waals surface area contributed by atoms with Gasteiger partial charge in [0.2, 0.25) is 11.8 Å². The maximum atomic E-state index is 12.6. The Balaban J connectivity index is 1.21. The standard InChI is InChI=1S/C22H28N4O2S/c1-14(21(27)25-12-18-9-17-11-23-13-20(17)29-18)26-22(28)19-8-16(10-24-19)7-15-5-3-2-4-6-15/h2-6,9,14,16,19,23-24H,7-8,10-13H2,1H3,(H,25,27)(H,26,28)/t14-,16-,19+/m0/s1. The number of benzene rings is 1. The fourth-order valence-corrected chi connectivity index (χ4v) is 5.14. The highest BCUT2D eigenvalue weighted by atomic mass is 32.1. The van der Waals surface area contributed by atoms with Crippen molar-refractivity contribution in [1.82, 2.24) is 21.3 Å². The molecule has 3 atom stereocenters. The number of nitrogens with one attached hydrogen (secondary N) is 4. The van der Waals surface area contributed by atoms with Crippen molar-refractivity contribution >= 4 is 23.2 Å². The van der Waals surface area contributed by atoms with Crippen LogP contribution in [0, 0.1) is 5.92 Å². The van der Waals surface area contributed by atoms with Crippen LogP contribution in [0.5, 0.6) is 0 Å². The summed E-state index contributed by atoms with van der Waals surface area (Å²) >= 11 is 1.74. The molecule has 0 spiro atoms. The van der Waals surface area contributed by atoms with Gasteiger partial charge in [-0.25, -0.2) is 0 Å². The van der Waals surface area contributed by atoms with E-state index in [4.69, 9.17) is 0 Å². The average molecular weight is 413 g/mol. The van der Waals surface area contributed by atoms with E-state index < -0.39 is 6.04 Å². The lowest BCUT2D eigenvalue weighted by Gasteiger charge is -2.17. The summed E-state index contributed by atoms with van der Waals surface area (Å²) in [5, 5.41) is 12.4. The highest BCUT2D eigenvalue weighted by molar-refractivity contribution is 7.12. The first-order valence-electron chi connectivity index (χ1n) is 10.2. The van der Waals surface area contributed by atoms with E-state index in [0.29, 0.717) is 12.5 Å².